The van der Waals surface area contributed by atoms with Crippen LogP contribution in [0.1, 0.15) is 25.3 Å². The fourth-order valence-electron chi connectivity index (χ4n) is 2.35. The third-order valence-electron chi connectivity index (χ3n) is 3.92. The van der Waals surface area contributed by atoms with Crippen molar-refractivity contribution in [2.45, 2.75) is 26.3 Å². The fourth-order valence-corrected chi connectivity index (χ4v) is 2.35. The molecule has 2 rings (SSSR count). The Labute approximate surface area is 170 Å². The summed E-state index contributed by atoms with van der Waals surface area (Å²) in [6.07, 6.45) is 1.51. The van der Waals surface area contributed by atoms with Crippen LogP contribution in [0.3, 0.4) is 0 Å². The number of methoxy groups -OCH3 is 1. The lowest BCUT2D eigenvalue weighted by molar-refractivity contribution is -0.139. The second-order valence-electron chi connectivity index (χ2n) is 6.36. The first kappa shape index (κ1) is 21.9. The number of azo groups is 1. The van der Waals surface area contributed by atoms with Crippen LogP contribution in [0.2, 0.25) is 0 Å². The van der Waals surface area contributed by atoms with Crippen molar-refractivity contribution >= 4 is 11.7 Å². The van der Waals surface area contributed by atoms with Crippen molar-refractivity contribution in [2.75, 3.05) is 20.3 Å². The first-order chi connectivity index (χ1) is 14.0. The van der Waals surface area contributed by atoms with Gasteiger partial charge in [-0.1, -0.05) is 6.58 Å². The minimum Gasteiger partial charge on any atom is -0.508 e. The van der Waals surface area contributed by atoms with Crippen molar-refractivity contribution in [1.82, 2.24) is 0 Å². The molecule has 29 heavy (non-hydrogen) atoms. The lowest BCUT2D eigenvalue weighted by Crippen LogP contribution is -2.07. The summed E-state index contributed by atoms with van der Waals surface area (Å²) in [6.45, 7) is 6.40. The second-order valence-corrected chi connectivity index (χ2v) is 6.36. The zero-order chi connectivity index (χ0) is 21.1. The largest absolute Gasteiger partial charge is 0.508 e. The zero-order valence-corrected chi connectivity index (χ0v) is 16.8. The highest BCUT2D eigenvalue weighted by Crippen LogP contribution is 2.25. The standard InChI is InChI=1S/C22H26N2O5/c1-16(2)22(26)29-13-5-4-12-28-20-10-7-18(8-11-20)24-23-15-17-6-9-19(25)14-21(17)27-3/h6-11,14,25H,1,4-5,12-13,15H2,2-3H3. The maximum atomic E-state index is 11.2. The Kier molecular flexibility index (Phi) is 8.69. The average molecular weight is 398 g/mol. The van der Waals surface area contributed by atoms with Crippen molar-refractivity contribution in [2.24, 2.45) is 10.2 Å². The molecule has 0 fully saturated rings. The van der Waals surface area contributed by atoms with Crippen molar-refractivity contribution < 1.29 is 24.1 Å². The first-order valence-electron chi connectivity index (χ1n) is 9.28. The molecule has 0 spiro atoms. The summed E-state index contributed by atoms with van der Waals surface area (Å²) in [7, 11) is 1.54. The molecule has 0 atom stereocenters. The second kappa shape index (κ2) is 11.5. The highest BCUT2D eigenvalue weighted by molar-refractivity contribution is 5.86. The van der Waals surface area contributed by atoms with Crippen molar-refractivity contribution in [3.8, 4) is 17.2 Å². The summed E-state index contributed by atoms with van der Waals surface area (Å²) < 4.78 is 15.9. The molecule has 0 heterocycles. The van der Waals surface area contributed by atoms with Crippen LogP contribution in [-0.4, -0.2) is 31.4 Å². The van der Waals surface area contributed by atoms with Crippen LogP contribution in [0.25, 0.3) is 0 Å². The number of aromatic hydroxyl groups is 1. The van der Waals surface area contributed by atoms with Gasteiger partial charge >= 0.3 is 5.97 Å². The summed E-state index contributed by atoms with van der Waals surface area (Å²) in [5.74, 6) is 1.09. The predicted octanol–water partition coefficient (Wildman–Crippen LogP) is 4.96. The van der Waals surface area contributed by atoms with Crippen LogP contribution in [0.4, 0.5) is 5.69 Å². The van der Waals surface area contributed by atoms with Gasteiger partial charge in [-0.25, -0.2) is 4.79 Å². The number of phenolic OH excluding ortho intramolecular Hbond substituents is 1. The van der Waals surface area contributed by atoms with Gasteiger partial charge in [0.2, 0.25) is 0 Å². The Morgan fingerprint density at radius 3 is 2.52 bits per heavy atom. The molecule has 0 amide bonds. The minimum atomic E-state index is -0.362. The number of esters is 1. The van der Waals surface area contributed by atoms with Gasteiger partial charge in [-0.15, -0.1) is 0 Å². The number of rotatable bonds is 11. The lowest BCUT2D eigenvalue weighted by atomic mass is 10.2. The van der Waals surface area contributed by atoms with Gasteiger partial charge in [-0.2, -0.15) is 10.2 Å². The number of carbonyl (C=O) groups is 1. The molecule has 1 N–H and O–H groups in total. The molecule has 7 heteroatoms. The molecular weight excluding hydrogens is 372 g/mol. The van der Waals surface area contributed by atoms with E-state index < -0.39 is 0 Å². The molecule has 0 aliphatic rings. The fraction of sp³-hybridized carbons (Fsp3) is 0.318. The highest BCUT2D eigenvalue weighted by Gasteiger charge is 2.04. The molecule has 0 bridgehead atoms. The van der Waals surface area contributed by atoms with E-state index in [9.17, 15) is 9.90 Å². The zero-order valence-electron chi connectivity index (χ0n) is 16.8. The molecule has 0 aromatic heterocycles. The van der Waals surface area contributed by atoms with Gasteiger partial charge < -0.3 is 19.3 Å². The minimum absolute atomic E-state index is 0.144. The van der Waals surface area contributed by atoms with Crippen molar-refractivity contribution in [3.05, 3.63) is 60.2 Å². The number of ether oxygens (including phenoxy) is 3. The Morgan fingerprint density at radius 2 is 1.83 bits per heavy atom. The summed E-state index contributed by atoms with van der Waals surface area (Å²) in [6, 6.07) is 12.2. The van der Waals surface area contributed by atoms with E-state index in [1.54, 1.807) is 32.2 Å². The van der Waals surface area contributed by atoms with Gasteiger partial charge in [-0.3, -0.25) is 0 Å². The molecule has 2 aromatic rings. The predicted molar refractivity (Wildman–Crippen MR) is 110 cm³/mol. The number of phenols is 1. The Morgan fingerprint density at radius 1 is 1.10 bits per heavy atom. The molecular formula is C22H26N2O5. The Hall–Kier alpha value is -3.35. The van der Waals surface area contributed by atoms with Crippen molar-refractivity contribution in [3.63, 3.8) is 0 Å². The molecule has 0 radical (unpaired) electrons. The van der Waals surface area contributed by atoms with E-state index in [-0.39, 0.29) is 11.7 Å². The van der Waals surface area contributed by atoms with E-state index in [2.05, 4.69) is 16.8 Å². The van der Waals surface area contributed by atoms with Crippen LogP contribution < -0.4 is 9.47 Å². The van der Waals surface area contributed by atoms with E-state index >= 15 is 0 Å². The van der Waals surface area contributed by atoms with E-state index in [1.165, 1.54) is 0 Å². The first-order valence-corrected chi connectivity index (χ1v) is 9.28. The number of benzene rings is 2. The number of nitrogens with zero attached hydrogens (tertiary/aromatic N) is 2. The van der Waals surface area contributed by atoms with E-state index in [0.717, 1.165) is 24.2 Å². The Bertz CT molecular complexity index is 847. The van der Waals surface area contributed by atoms with Crippen LogP contribution in [-0.2, 0) is 16.1 Å². The molecule has 0 unspecified atom stereocenters. The SMILES string of the molecule is C=C(C)C(=O)OCCCCOc1ccc(N=NCc2ccc(O)cc2OC)cc1. The summed E-state index contributed by atoms with van der Waals surface area (Å²) >= 11 is 0. The summed E-state index contributed by atoms with van der Waals surface area (Å²) in [4.78, 5) is 11.2. The third kappa shape index (κ3) is 7.65. The van der Waals surface area contributed by atoms with Gasteiger partial charge in [0.05, 0.1) is 32.6 Å². The number of unbranched alkanes of at least 4 members (excludes halogenated alkanes) is 1. The molecule has 2 aromatic carbocycles. The van der Waals surface area contributed by atoms with Crippen LogP contribution in [0.5, 0.6) is 17.2 Å². The van der Waals surface area contributed by atoms with Crippen LogP contribution >= 0.6 is 0 Å². The normalized spacial score (nSPS) is 10.7. The third-order valence-corrected chi connectivity index (χ3v) is 3.92. The van der Waals surface area contributed by atoms with E-state index in [4.69, 9.17) is 14.2 Å². The van der Waals surface area contributed by atoms with Crippen molar-refractivity contribution in [1.29, 1.82) is 0 Å². The van der Waals surface area contributed by atoms with Gasteiger partial charge in [0.1, 0.15) is 17.2 Å². The maximum Gasteiger partial charge on any atom is 0.333 e. The lowest BCUT2D eigenvalue weighted by Gasteiger charge is -2.07. The number of carbonyl (C=O) groups excluding carboxylic acids is 1. The van der Waals surface area contributed by atoms with Gasteiger partial charge in [0.25, 0.3) is 0 Å². The van der Waals surface area contributed by atoms with E-state index in [0.29, 0.717) is 36.8 Å². The van der Waals surface area contributed by atoms with Gasteiger partial charge in [-0.05, 0) is 56.2 Å². The monoisotopic (exact) mass is 398 g/mol. The average Bonchev–Trinajstić information content (AvgIpc) is 2.72. The van der Waals surface area contributed by atoms with Gasteiger partial charge in [0, 0.05) is 17.2 Å². The topological polar surface area (TPSA) is 89.7 Å². The molecule has 154 valence electrons. The van der Waals surface area contributed by atoms with E-state index in [1.807, 2.05) is 24.3 Å². The smallest absolute Gasteiger partial charge is 0.333 e. The molecule has 0 aliphatic heterocycles. The van der Waals surface area contributed by atoms with Crippen LogP contribution in [0, 0.1) is 0 Å². The molecule has 0 saturated heterocycles. The molecule has 7 nitrogen and oxygen atoms in total. The molecule has 0 saturated carbocycles. The molecule has 0 aliphatic carbocycles. The number of hydrogen-bond acceptors (Lipinski definition) is 7. The summed E-state index contributed by atoms with van der Waals surface area (Å²) in [5.41, 5.74) is 1.95. The maximum absolute atomic E-state index is 11.2. The van der Waals surface area contributed by atoms with Crippen LogP contribution in [0.15, 0.2) is 64.8 Å². The summed E-state index contributed by atoms with van der Waals surface area (Å²) in [5, 5.41) is 17.8. The van der Waals surface area contributed by atoms with Gasteiger partial charge in [0.15, 0.2) is 0 Å². The highest BCUT2D eigenvalue weighted by atomic mass is 16.5. The quantitative estimate of drug-likeness (QED) is 0.250. The number of hydrogen-bond donors (Lipinski definition) is 1. The Balaban J connectivity index is 1.72.